The molecular formula is C24H35BN4O4S. The lowest BCUT2D eigenvalue weighted by Gasteiger charge is -2.30. The summed E-state index contributed by atoms with van der Waals surface area (Å²) < 4.78 is 32.3. The zero-order chi connectivity index (χ0) is 24.9. The molecule has 0 saturated carbocycles. The number of nitrogens with zero attached hydrogens (tertiary/aromatic N) is 4. The minimum absolute atomic E-state index is 0.174. The molecule has 8 nitrogen and oxygen atoms in total. The van der Waals surface area contributed by atoms with Crippen molar-refractivity contribution in [2.45, 2.75) is 59.8 Å². The number of sulfonamides is 1. The summed E-state index contributed by atoms with van der Waals surface area (Å²) in [6.07, 6.45) is 4.21. The van der Waals surface area contributed by atoms with E-state index in [0.29, 0.717) is 38.6 Å². The van der Waals surface area contributed by atoms with Crippen LogP contribution in [0.15, 0.2) is 29.2 Å². The second-order valence-electron chi connectivity index (χ2n) is 8.68. The number of piperidine rings is 1. The van der Waals surface area contributed by atoms with E-state index in [1.165, 1.54) is 27.9 Å². The van der Waals surface area contributed by atoms with Crippen LogP contribution in [0.1, 0.15) is 50.6 Å². The fraction of sp³-hybridized carbons (Fsp3) is 0.583. The molecular weight excluding hydrogens is 451 g/mol. The van der Waals surface area contributed by atoms with Crippen LogP contribution in [0, 0.1) is 5.92 Å². The summed E-state index contributed by atoms with van der Waals surface area (Å²) in [5.74, 6) is 1.18. The summed E-state index contributed by atoms with van der Waals surface area (Å²) in [4.78, 5) is 19.8. The molecule has 34 heavy (non-hydrogen) atoms. The maximum absolute atomic E-state index is 13.0. The molecule has 0 unspecified atom stereocenters. The van der Waals surface area contributed by atoms with E-state index in [-0.39, 0.29) is 17.2 Å². The Morgan fingerprint density at radius 2 is 1.82 bits per heavy atom. The molecule has 0 spiro atoms. The quantitative estimate of drug-likeness (QED) is 0.554. The summed E-state index contributed by atoms with van der Waals surface area (Å²) in [5.41, 5.74) is 3.06. The Bertz CT molecular complexity index is 1140. The third-order valence-electron chi connectivity index (χ3n) is 6.31. The smallest absolute Gasteiger partial charge is 0.295 e. The van der Waals surface area contributed by atoms with Gasteiger partial charge >= 0.3 is 0 Å². The first-order valence-corrected chi connectivity index (χ1v) is 13.9. The fourth-order valence-electron chi connectivity index (χ4n) is 4.47. The largest absolute Gasteiger partial charge is 0.486 e. The Morgan fingerprint density at radius 1 is 1.15 bits per heavy atom. The summed E-state index contributed by atoms with van der Waals surface area (Å²) in [6, 6.07) is 5.98. The van der Waals surface area contributed by atoms with E-state index in [2.05, 4.69) is 16.0 Å². The summed E-state index contributed by atoms with van der Waals surface area (Å²) in [7, 11) is 2.75. The average molecular weight is 486 g/mol. The third-order valence-corrected chi connectivity index (χ3v) is 7.62. The molecule has 2 aliphatic heterocycles. The number of hydrogen-bond donors (Lipinski definition) is 0. The first-order valence-electron chi connectivity index (χ1n) is 12.0. The molecule has 0 atom stereocenters. The van der Waals surface area contributed by atoms with E-state index in [1.54, 1.807) is 4.57 Å². The SMILES string of the molecule is CC.[B]c1ccc2c(c1)CN(Cc1ncc(OCC3CCN(S(C)(=O)=O)CC3)c(=O)n1CC)C2. The molecule has 2 radical (unpaired) electrons. The molecule has 10 heteroatoms. The molecule has 0 N–H and O–H groups in total. The maximum Gasteiger partial charge on any atom is 0.295 e. The van der Waals surface area contributed by atoms with Crippen molar-refractivity contribution in [1.29, 1.82) is 0 Å². The van der Waals surface area contributed by atoms with Crippen LogP contribution in [0.3, 0.4) is 0 Å². The van der Waals surface area contributed by atoms with Crippen LogP contribution in [-0.2, 0) is 36.2 Å². The van der Waals surface area contributed by atoms with Crippen LogP contribution in [0.2, 0.25) is 0 Å². The highest BCUT2D eigenvalue weighted by Crippen LogP contribution is 2.23. The molecule has 3 heterocycles. The molecule has 4 rings (SSSR count). The second-order valence-corrected chi connectivity index (χ2v) is 10.7. The van der Waals surface area contributed by atoms with Crippen molar-refractivity contribution in [2.24, 2.45) is 5.92 Å². The highest BCUT2D eigenvalue weighted by Gasteiger charge is 2.26. The Morgan fingerprint density at radius 3 is 2.47 bits per heavy atom. The van der Waals surface area contributed by atoms with Crippen LogP contribution in [0.25, 0.3) is 0 Å². The average Bonchev–Trinajstić information content (AvgIpc) is 3.21. The summed E-state index contributed by atoms with van der Waals surface area (Å²) in [5, 5.41) is 0. The van der Waals surface area contributed by atoms with Crippen molar-refractivity contribution >= 4 is 23.3 Å². The van der Waals surface area contributed by atoms with E-state index in [1.807, 2.05) is 32.9 Å². The van der Waals surface area contributed by atoms with E-state index < -0.39 is 10.0 Å². The number of fused-ring (bicyclic) bond motifs is 1. The van der Waals surface area contributed by atoms with Gasteiger partial charge in [0.25, 0.3) is 5.56 Å². The fourth-order valence-corrected chi connectivity index (χ4v) is 5.35. The number of aromatic nitrogens is 2. The van der Waals surface area contributed by atoms with Gasteiger partial charge in [0.15, 0.2) is 0 Å². The molecule has 1 aromatic heterocycles. The first kappa shape index (κ1) is 26.4. The number of hydrogen-bond acceptors (Lipinski definition) is 6. The number of benzene rings is 1. The van der Waals surface area contributed by atoms with Gasteiger partial charge in [0.2, 0.25) is 15.8 Å². The Balaban J connectivity index is 0.00000158. The van der Waals surface area contributed by atoms with Crippen LogP contribution in [-0.4, -0.2) is 61.0 Å². The van der Waals surface area contributed by atoms with Crippen molar-refractivity contribution in [3.63, 3.8) is 0 Å². The standard InChI is InChI=1S/C22H29BN4O4S.C2H6/c1-3-27-21(14-25-12-17-4-5-19(23)10-18(17)13-25)24-11-20(22(27)28)31-15-16-6-8-26(9-7-16)32(2,29)30;1-2/h4-5,10-11,16H,3,6-9,12-15H2,1-2H3;1-2H3. The molecule has 1 fully saturated rings. The monoisotopic (exact) mass is 486 g/mol. The van der Waals surface area contributed by atoms with Crippen molar-refractivity contribution in [3.05, 3.63) is 51.7 Å². The second kappa shape index (κ2) is 11.5. The Hall–Kier alpha value is -2.17. The van der Waals surface area contributed by atoms with Crippen molar-refractivity contribution in [2.75, 3.05) is 26.0 Å². The van der Waals surface area contributed by atoms with Gasteiger partial charge in [0.05, 0.1) is 25.6 Å². The molecule has 2 aromatic rings. The van der Waals surface area contributed by atoms with Gasteiger partial charge < -0.3 is 4.74 Å². The molecule has 0 amide bonds. The molecule has 0 aliphatic carbocycles. The molecule has 1 saturated heterocycles. The van der Waals surface area contributed by atoms with Crippen LogP contribution in [0.4, 0.5) is 0 Å². The minimum atomic E-state index is -3.15. The normalized spacial score (nSPS) is 17.2. The van der Waals surface area contributed by atoms with Gasteiger partial charge in [-0.2, -0.15) is 0 Å². The molecule has 2 aliphatic rings. The third kappa shape index (κ3) is 6.28. The highest BCUT2D eigenvalue weighted by atomic mass is 32.2. The Kier molecular flexibility index (Phi) is 8.95. The lowest BCUT2D eigenvalue weighted by atomic mass is 9.93. The first-order chi connectivity index (χ1) is 16.2. The minimum Gasteiger partial charge on any atom is -0.486 e. The van der Waals surface area contributed by atoms with E-state index in [0.717, 1.165) is 31.4 Å². The van der Waals surface area contributed by atoms with Crippen LogP contribution < -0.4 is 15.8 Å². The predicted molar refractivity (Wildman–Crippen MR) is 135 cm³/mol. The van der Waals surface area contributed by atoms with Gasteiger partial charge in [-0.25, -0.2) is 17.7 Å². The maximum atomic E-state index is 13.0. The van der Waals surface area contributed by atoms with Gasteiger partial charge in [-0.05, 0) is 36.8 Å². The summed E-state index contributed by atoms with van der Waals surface area (Å²) in [6.45, 7) is 9.97. The predicted octanol–water partition coefficient (Wildman–Crippen LogP) is 1.65. The number of ether oxygens (including phenoxy) is 1. The molecule has 184 valence electrons. The van der Waals surface area contributed by atoms with Crippen LogP contribution in [0.5, 0.6) is 5.75 Å². The Labute approximate surface area is 204 Å². The van der Waals surface area contributed by atoms with Gasteiger partial charge in [0.1, 0.15) is 13.7 Å². The van der Waals surface area contributed by atoms with E-state index in [4.69, 9.17) is 12.6 Å². The molecule has 0 bridgehead atoms. The molecule has 1 aromatic carbocycles. The zero-order valence-electron chi connectivity index (χ0n) is 20.7. The van der Waals surface area contributed by atoms with Gasteiger partial charge in [-0.1, -0.05) is 37.5 Å². The van der Waals surface area contributed by atoms with Gasteiger partial charge in [-0.3, -0.25) is 14.3 Å². The van der Waals surface area contributed by atoms with Gasteiger partial charge in [-0.15, -0.1) is 0 Å². The zero-order valence-corrected chi connectivity index (χ0v) is 21.5. The number of rotatable bonds is 7. The van der Waals surface area contributed by atoms with E-state index in [9.17, 15) is 13.2 Å². The lowest BCUT2D eigenvalue weighted by Crippen LogP contribution is -2.39. The topological polar surface area (TPSA) is 84.7 Å². The van der Waals surface area contributed by atoms with Gasteiger partial charge in [0, 0.05) is 32.7 Å². The highest BCUT2D eigenvalue weighted by molar-refractivity contribution is 7.88. The van der Waals surface area contributed by atoms with E-state index >= 15 is 0 Å². The lowest BCUT2D eigenvalue weighted by molar-refractivity contribution is 0.182. The van der Waals surface area contributed by atoms with Crippen molar-refractivity contribution in [3.8, 4) is 5.75 Å². The van der Waals surface area contributed by atoms with Crippen molar-refractivity contribution < 1.29 is 13.2 Å². The van der Waals surface area contributed by atoms with Crippen LogP contribution >= 0.6 is 0 Å². The van der Waals surface area contributed by atoms with Crippen molar-refractivity contribution in [1.82, 2.24) is 18.8 Å². The summed E-state index contributed by atoms with van der Waals surface area (Å²) >= 11 is 0.